The average molecular weight is 780 g/mol. The number of hydrogen-bond acceptors (Lipinski definition) is 8. The van der Waals surface area contributed by atoms with Crippen molar-refractivity contribution in [2.75, 3.05) is 52.5 Å². The Morgan fingerprint density at radius 3 is 2.46 bits per heavy atom. The second kappa shape index (κ2) is 18.0. The number of likely N-dealkylation sites (tertiary alicyclic amines) is 1. The molecule has 1 unspecified atom stereocenters. The molecule has 11 heteroatoms. The van der Waals surface area contributed by atoms with Gasteiger partial charge in [0, 0.05) is 57.4 Å². The Morgan fingerprint density at radius 1 is 0.965 bits per heavy atom. The van der Waals surface area contributed by atoms with Crippen LogP contribution in [0.4, 0.5) is 0 Å². The monoisotopic (exact) mass is 779 g/mol. The first kappa shape index (κ1) is 40.7. The summed E-state index contributed by atoms with van der Waals surface area (Å²) in [7, 11) is 0. The van der Waals surface area contributed by atoms with E-state index < -0.39 is 29.8 Å². The number of aliphatic hydroxyl groups excluding tert-OH is 2. The Kier molecular flexibility index (Phi) is 12.8. The van der Waals surface area contributed by atoms with E-state index in [0.29, 0.717) is 38.3 Å². The van der Waals surface area contributed by atoms with Gasteiger partial charge in [-0.2, -0.15) is 0 Å². The third-order valence-electron chi connectivity index (χ3n) is 11.5. The Bertz CT molecular complexity index is 1980. The van der Waals surface area contributed by atoms with E-state index in [1.807, 2.05) is 112 Å². The number of benzene rings is 4. The molecule has 3 N–H and O–H groups in total. The number of quaternary nitrogens is 1. The smallest absolute Gasteiger partial charge is 0.282 e. The fourth-order valence-electron chi connectivity index (χ4n) is 8.70. The van der Waals surface area contributed by atoms with E-state index in [4.69, 9.17) is 14.3 Å². The van der Waals surface area contributed by atoms with Gasteiger partial charge in [0.15, 0.2) is 5.75 Å². The van der Waals surface area contributed by atoms with E-state index >= 15 is 0 Å². The number of nitrogens with one attached hydrogen (secondary N) is 1. The molecule has 57 heavy (non-hydrogen) atoms. The molecule has 3 aliphatic rings. The van der Waals surface area contributed by atoms with Crippen LogP contribution < -0.4 is 14.9 Å². The van der Waals surface area contributed by atoms with Crippen molar-refractivity contribution in [3.8, 4) is 11.5 Å². The van der Waals surface area contributed by atoms with Gasteiger partial charge in [0.2, 0.25) is 11.9 Å². The molecule has 0 saturated carbocycles. The van der Waals surface area contributed by atoms with Crippen molar-refractivity contribution < 1.29 is 38.8 Å². The van der Waals surface area contributed by atoms with Crippen molar-refractivity contribution in [1.29, 1.82) is 0 Å². The Hall–Kier alpha value is -4.52. The second-order valence-corrected chi connectivity index (χ2v) is 16.9. The zero-order chi connectivity index (χ0) is 40.0. The predicted octanol–water partition coefficient (Wildman–Crippen LogP) is 5.57. The zero-order valence-electron chi connectivity index (χ0n) is 33.6. The highest BCUT2D eigenvalue weighted by atomic mass is 16.7. The van der Waals surface area contributed by atoms with Gasteiger partial charge in [-0.15, -0.1) is 4.65 Å². The molecular formula is C46H59N4O7+. The minimum atomic E-state index is -0.936. The summed E-state index contributed by atoms with van der Waals surface area (Å²) in [5.74, 6) is 1.11. The molecule has 5 atom stereocenters. The number of hydrogen-bond donors (Lipinski definition) is 3. The fraction of sp³-hybridized carbons (Fsp3) is 0.478. The van der Waals surface area contributed by atoms with Gasteiger partial charge in [0.1, 0.15) is 31.5 Å². The molecule has 0 radical (unpaired) electrons. The number of hydroxylamine groups is 3. The van der Waals surface area contributed by atoms with E-state index in [-0.39, 0.29) is 35.8 Å². The van der Waals surface area contributed by atoms with Crippen molar-refractivity contribution in [1.82, 2.24) is 15.1 Å². The van der Waals surface area contributed by atoms with Crippen LogP contribution in [0.5, 0.6) is 11.5 Å². The van der Waals surface area contributed by atoms with Crippen LogP contribution in [0.25, 0.3) is 10.8 Å². The van der Waals surface area contributed by atoms with E-state index in [1.54, 1.807) is 4.90 Å². The van der Waals surface area contributed by atoms with Gasteiger partial charge in [-0.1, -0.05) is 66.7 Å². The molecule has 11 nitrogen and oxygen atoms in total. The fourth-order valence-corrected chi connectivity index (χ4v) is 8.70. The lowest BCUT2D eigenvalue weighted by Crippen LogP contribution is -2.63. The number of carbonyl (C=O) groups is 2. The highest BCUT2D eigenvalue weighted by Gasteiger charge is 2.51. The first-order valence-corrected chi connectivity index (χ1v) is 20.6. The van der Waals surface area contributed by atoms with Gasteiger partial charge in [-0.3, -0.25) is 14.5 Å². The van der Waals surface area contributed by atoms with Gasteiger partial charge in [-0.05, 0) is 78.9 Å². The number of fused-ring (bicyclic) bond motifs is 2. The largest absolute Gasteiger partial charge is 0.492 e. The molecule has 0 aromatic heterocycles. The molecule has 0 spiro atoms. The van der Waals surface area contributed by atoms with Crippen molar-refractivity contribution in [3.63, 3.8) is 0 Å². The maximum Gasteiger partial charge on any atom is 0.282 e. The highest BCUT2D eigenvalue weighted by Crippen LogP contribution is 2.38. The van der Waals surface area contributed by atoms with Crippen molar-refractivity contribution in [2.45, 2.75) is 89.3 Å². The van der Waals surface area contributed by atoms with E-state index in [9.17, 15) is 19.8 Å². The van der Waals surface area contributed by atoms with Crippen molar-refractivity contribution in [3.05, 3.63) is 108 Å². The first-order valence-electron chi connectivity index (χ1n) is 20.6. The SMILES string of the molecule is CC(C)(C)NC(=O)[C@H]1CCC[N+]1(C[C@@H](O)CCC(=O)N(Cc1ccc(OCCN2CCOCC2)cc1)[C@H]1c2ccccc2C[C@H]1O)Oc1ccc2ccccc2c1. The summed E-state index contributed by atoms with van der Waals surface area (Å²) in [4.78, 5) is 39.1. The topological polar surface area (TPSA) is 121 Å². The molecule has 2 aliphatic heterocycles. The van der Waals surface area contributed by atoms with Gasteiger partial charge < -0.3 is 34.7 Å². The lowest BCUT2D eigenvalue weighted by molar-refractivity contribution is -1.08. The van der Waals surface area contributed by atoms with Crippen LogP contribution in [0, 0.1) is 0 Å². The molecule has 0 bridgehead atoms. The molecule has 2 saturated heterocycles. The summed E-state index contributed by atoms with van der Waals surface area (Å²) < 4.78 is 11.4. The van der Waals surface area contributed by atoms with Crippen LogP contribution in [-0.2, 0) is 27.3 Å². The Labute approximate surface area is 336 Å². The number of nitrogens with zero attached hydrogens (tertiary/aromatic N) is 3. The van der Waals surface area contributed by atoms with E-state index in [2.05, 4.69) is 10.2 Å². The van der Waals surface area contributed by atoms with Gasteiger partial charge in [0.05, 0.1) is 25.4 Å². The lowest BCUT2D eigenvalue weighted by Gasteiger charge is -2.38. The van der Waals surface area contributed by atoms with Gasteiger partial charge >= 0.3 is 0 Å². The average Bonchev–Trinajstić information content (AvgIpc) is 3.76. The summed E-state index contributed by atoms with van der Waals surface area (Å²) >= 11 is 0. The van der Waals surface area contributed by atoms with Crippen LogP contribution in [0.3, 0.4) is 0 Å². The molecule has 2 fully saturated rings. The molecule has 4 aromatic rings. The third-order valence-corrected chi connectivity index (χ3v) is 11.5. The summed E-state index contributed by atoms with van der Waals surface area (Å²) in [6.45, 7) is 11.6. The number of ether oxygens (including phenoxy) is 2. The maximum atomic E-state index is 14.4. The van der Waals surface area contributed by atoms with E-state index in [0.717, 1.165) is 72.5 Å². The minimum absolute atomic E-state index is 0.0596. The third kappa shape index (κ3) is 10.1. The maximum absolute atomic E-state index is 14.4. The van der Waals surface area contributed by atoms with Crippen molar-refractivity contribution in [2.24, 2.45) is 0 Å². The minimum Gasteiger partial charge on any atom is -0.492 e. The zero-order valence-corrected chi connectivity index (χ0v) is 33.6. The quantitative estimate of drug-likeness (QED) is 0.134. The summed E-state index contributed by atoms with van der Waals surface area (Å²) in [6.07, 6.45) is 0.378. The van der Waals surface area contributed by atoms with Crippen LogP contribution in [0.2, 0.25) is 0 Å². The van der Waals surface area contributed by atoms with Crippen LogP contribution in [0.15, 0.2) is 91.0 Å². The molecule has 4 aromatic carbocycles. The number of aliphatic hydroxyl groups is 2. The standard InChI is InChI=1S/C46H58N4O7/c1-46(2,3)47-45(54)41-13-8-25-50(41,57-39-20-16-34-9-4-5-10-35(34)29-39)32-37(51)17-21-43(53)49(44-40-12-7-6-11-36(40)30-42(44)52)31-33-14-18-38(19-15-33)56-28-24-48-22-26-55-27-23-48/h4-7,9-12,14-16,18-20,29,37,41-42,44,51-52H,8,13,17,21-28,30-32H2,1-3H3/p+1/t37-,41+,42+,44-,50?/m0/s1. The summed E-state index contributed by atoms with van der Waals surface area (Å²) in [5.41, 5.74) is 2.45. The molecule has 2 heterocycles. The summed E-state index contributed by atoms with van der Waals surface area (Å²) in [5, 5.41) is 28.4. The Balaban J connectivity index is 1.06. The molecule has 1 aliphatic carbocycles. The Morgan fingerprint density at radius 2 is 1.68 bits per heavy atom. The van der Waals surface area contributed by atoms with Gasteiger partial charge in [-0.25, -0.2) is 0 Å². The number of morpholine rings is 1. The summed E-state index contributed by atoms with van der Waals surface area (Å²) in [6, 6.07) is 28.6. The molecular weight excluding hydrogens is 721 g/mol. The second-order valence-electron chi connectivity index (χ2n) is 16.9. The van der Waals surface area contributed by atoms with Crippen LogP contribution >= 0.6 is 0 Å². The molecule has 304 valence electrons. The first-order chi connectivity index (χ1) is 27.5. The van der Waals surface area contributed by atoms with Crippen molar-refractivity contribution >= 4 is 22.6 Å². The predicted molar refractivity (Wildman–Crippen MR) is 219 cm³/mol. The van der Waals surface area contributed by atoms with Crippen LogP contribution in [-0.4, -0.2) is 113 Å². The van der Waals surface area contributed by atoms with Crippen LogP contribution in [0.1, 0.15) is 69.2 Å². The molecule has 7 rings (SSSR count). The molecule has 2 amide bonds. The number of rotatable bonds is 15. The van der Waals surface area contributed by atoms with E-state index in [1.165, 1.54) is 0 Å². The number of amides is 2. The lowest BCUT2D eigenvalue weighted by atomic mass is 10.0. The van der Waals surface area contributed by atoms with Gasteiger partial charge in [0.25, 0.3) is 5.91 Å². The highest BCUT2D eigenvalue weighted by molar-refractivity contribution is 5.84. The number of carbonyl (C=O) groups excluding carboxylic acids is 2. The normalized spacial score (nSPS) is 22.9.